The Bertz CT molecular complexity index is 726. The van der Waals surface area contributed by atoms with Gasteiger partial charge in [0.15, 0.2) is 0 Å². The Morgan fingerprint density at radius 1 is 1.31 bits per heavy atom. The third-order valence-corrected chi connectivity index (χ3v) is 6.62. The lowest BCUT2D eigenvalue weighted by atomic mass is 9.78. The number of carbonyl (C=O) groups is 1. The molecule has 0 radical (unpaired) electrons. The van der Waals surface area contributed by atoms with Crippen molar-refractivity contribution in [3.63, 3.8) is 0 Å². The van der Waals surface area contributed by atoms with Crippen LogP contribution in [0.5, 0.6) is 0 Å². The molecule has 0 aliphatic carbocycles. The number of ether oxygens (including phenoxy) is 1. The van der Waals surface area contributed by atoms with E-state index in [1.807, 2.05) is 0 Å². The summed E-state index contributed by atoms with van der Waals surface area (Å²) in [6.07, 6.45) is 1.36. The van der Waals surface area contributed by atoms with Crippen molar-refractivity contribution in [2.75, 3.05) is 46.2 Å². The number of amides is 1. The van der Waals surface area contributed by atoms with Crippen LogP contribution in [0, 0.1) is 12.3 Å². The predicted molar refractivity (Wildman–Crippen MR) is 104 cm³/mol. The van der Waals surface area contributed by atoms with E-state index < -0.39 is 15.4 Å². The van der Waals surface area contributed by atoms with E-state index in [1.54, 1.807) is 26.2 Å². The predicted octanol–water partition coefficient (Wildman–Crippen LogP) is 1.62. The van der Waals surface area contributed by atoms with E-state index in [0.29, 0.717) is 30.7 Å². The normalized spacial score (nSPS) is 16.8. The Balaban J connectivity index is 0.00000338. The zero-order valence-corrected chi connectivity index (χ0v) is 17.3. The van der Waals surface area contributed by atoms with Crippen LogP contribution in [0.25, 0.3) is 0 Å². The third kappa shape index (κ3) is 4.75. The highest BCUT2D eigenvalue weighted by Gasteiger charge is 2.39. The zero-order valence-electron chi connectivity index (χ0n) is 15.7. The highest BCUT2D eigenvalue weighted by atomic mass is 35.5. The minimum Gasteiger partial charge on any atom is -0.384 e. The number of hydrogen-bond donors (Lipinski definition) is 2. The van der Waals surface area contributed by atoms with E-state index in [1.165, 1.54) is 24.5 Å². The maximum atomic E-state index is 12.9. The zero-order chi connectivity index (χ0) is 18.7. The average molecular weight is 406 g/mol. The van der Waals surface area contributed by atoms with Crippen molar-refractivity contribution in [2.24, 2.45) is 5.41 Å². The van der Waals surface area contributed by atoms with Crippen LogP contribution in [-0.2, 0) is 19.6 Å². The van der Waals surface area contributed by atoms with Gasteiger partial charge >= 0.3 is 0 Å². The number of carbonyl (C=O) groups excluding carboxylic acids is 1. The van der Waals surface area contributed by atoms with Gasteiger partial charge in [-0.25, -0.2) is 12.7 Å². The number of rotatable bonds is 6. The average Bonchev–Trinajstić information content (AvgIpc) is 2.57. The van der Waals surface area contributed by atoms with Crippen LogP contribution >= 0.6 is 12.4 Å². The molecule has 1 saturated heterocycles. The Labute approximate surface area is 161 Å². The first-order valence-electron chi connectivity index (χ1n) is 8.27. The molecule has 0 unspecified atom stereocenters. The van der Waals surface area contributed by atoms with Gasteiger partial charge in [-0.05, 0) is 50.6 Å². The Morgan fingerprint density at radius 3 is 2.46 bits per heavy atom. The van der Waals surface area contributed by atoms with Crippen LogP contribution in [0.1, 0.15) is 18.4 Å². The van der Waals surface area contributed by atoms with Gasteiger partial charge in [-0.2, -0.15) is 0 Å². The maximum absolute atomic E-state index is 12.9. The second-order valence-corrected chi connectivity index (χ2v) is 8.81. The summed E-state index contributed by atoms with van der Waals surface area (Å²) in [6.45, 7) is 3.59. The van der Waals surface area contributed by atoms with Gasteiger partial charge in [0.1, 0.15) is 0 Å². The van der Waals surface area contributed by atoms with E-state index in [0.717, 1.165) is 13.1 Å². The van der Waals surface area contributed by atoms with E-state index in [9.17, 15) is 13.2 Å². The highest BCUT2D eigenvalue weighted by molar-refractivity contribution is 7.89. The van der Waals surface area contributed by atoms with Crippen LogP contribution in [0.4, 0.5) is 5.69 Å². The maximum Gasteiger partial charge on any atom is 0.242 e. The van der Waals surface area contributed by atoms with Crippen LogP contribution < -0.4 is 10.6 Å². The van der Waals surface area contributed by atoms with Gasteiger partial charge in [-0.1, -0.05) is 6.07 Å². The minimum absolute atomic E-state index is 0. The van der Waals surface area contributed by atoms with Gasteiger partial charge in [0.2, 0.25) is 15.9 Å². The summed E-state index contributed by atoms with van der Waals surface area (Å²) < 4.78 is 31.3. The molecule has 0 saturated carbocycles. The van der Waals surface area contributed by atoms with Crippen molar-refractivity contribution in [1.29, 1.82) is 0 Å². The molecule has 26 heavy (non-hydrogen) atoms. The topological polar surface area (TPSA) is 87.7 Å². The van der Waals surface area contributed by atoms with Crippen molar-refractivity contribution in [3.05, 3.63) is 23.8 Å². The first-order chi connectivity index (χ1) is 11.7. The highest BCUT2D eigenvalue weighted by Crippen LogP contribution is 2.31. The molecule has 1 fully saturated rings. The lowest BCUT2D eigenvalue weighted by Crippen LogP contribution is -2.47. The molecule has 7 nitrogen and oxygen atoms in total. The van der Waals surface area contributed by atoms with E-state index in [4.69, 9.17) is 4.74 Å². The Kier molecular flexibility index (Phi) is 8.04. The summed E-state index contributed by atoms with van der Waals surface area (Å²) in [5.41, 5.74) is 0.524. The van der Waals surface area contributed by atoms with Gasteiger partial charge in [0, 0.05) is 26.9 Å². The summed E-state index contributed by atoms with van der Waals surface area (Å²) >= 11 is 0. The largest absolute Gasteiger partial charge is 0.384 e. The van der Waals surface area contributed by atoms with Crippen LogP contribution in [0.3, 0.4) is 0 Å². The van der Waals surface area contributed by atoms with E-state index in [-0.39, 0.29) is 23.2 Å². The summed E-state index contributed by atoms with van der Waals surface area (Å²) in [6, 6.07) is 4.95. The third-order valence-electron chi connectivity index (χ3n) is 4.67. The molecule has 1 aromatic rings. The molecule has 2 N–H and O–H groups in total. The second-order valence-electron chi connectivity index (χ2n) is 6.69. The van der Waals surface area contributed by atoms with E-state index >= 15 is 0 Å². The molecule has 1 aliphatic rings. The number of nitrogens with zero attached hydrogens (tertiary/aromatic N) is 1. The van der Waals surface area contributed by atoms with Crippen LogP contribution in [0.2, 0.25) is 0 Å². The number of anilines is 1. The molecular formula is C17H28ClN3O4S. The fourth-order valence-electron chi connectivity index (χ4n) is 3.03. The quantitative estimate of drug-likeness (QED) is 0.750. The number of methoxy groups -OCH3 is 1. The van der Waals surface area contributed by atoms with Gasteiger partial charge < -0.3 is 15.4 Å². The molecule has 0 spiro atoms. The second kappa shape index (κ2) is 9.14. The van der Waals surface area contributed by atoms with Gasteiger partial charge in [-0.15, -0.1) is 12.4 Å². The molecule has 0 atom stereocenters. The lowest BCUT2D eigenvalue weighted by Gasteiger charge is -2.35. The number of hydrogen-bond acceptors (Lipinski definition) is 5. The van der Waals surface area contributed by atoms with Crippen molar-refractivity contribution in [3.8, 4) is 0 Å². The standard InChI is InChI=1S/C17H27N3O4S.ClH/c1-13-5-6-14(11-15(13)25(22,23)20(2)3)19-16(21)17(12-24-4)7-9-18-10-8-17;/h5-6,11,18H,7-10,12H2,1-4H3,(H,19,21);1H. The summed E-state index contributed by atoms with van der Waals surface area (Å²) in [5, 5.41) is 6.13. The van der Waals surface area contributed by atoms with Crippen LogP contribution in [0.15, 0.2) is 23.1 Å². The monoisotopic (exact) mass is 405 g/mol. The van der Waals surface area contributed by atoms with Crippen LogP contribution in [-0.4, -0.2) is 59.5 Å². The SMILES string of the molecule is COCC1(C(=O)Nc2ccc(C)c(S(=O)(=O)N(C)C)c2)CCNCC1.Cl. The number of piperidine rings is 1. The van der Waals surface area contributed by atoms with Crippen molar-refractivity contribution in [2.45, 2.75) is 24.7 Å². The molecule has 148 valence electrons. The number of nitrogens with one attached hydrogen (secondary N) is 2. The number of sulfonamides is 1. The molecule has 1 aliphatic heterocycles. The lowest BCUT2D eigenvalue weighted by molar-refractivity contribution is -0.130. The number of benzene rings is 1. The van der Waals surface area contributed by atoms with Gasteiger partial charge in [-0.3, -0.25) is 4.79 Å². The molecular weight excluding hydrogens is 378 g/mol. The van der Waals surface area contributed by atoms with Crippen molar-refractivity contribution in [1.82, 2.24) is 9.62 Å². The number of halogens is 1. The first kappa shape index (κ1) is 22.9. The molecule has 1 amide bonds. The number of aryl methyl sites for hydroxylation is 1. The first-order valence-corrected chi connectivity index (χ1v) is 9.71. The fourth-order valence-corrected chi connectivity index (χ4v) is 4.18. The summed E-state index contributed by atoms with van der Waals surface area (Å²) in [5.74, 6) is -0.132. The van der Waals surface area contributed by atoms with Gasteiger partial charge in [0.05, 0.1) is 16.9 Å². The molecule has 0 aromatic heterocycles. The minimum atomic E-state index is -3.57. The Morgan fingerprint density at radius 2 is 1.92 bits per heavy atom. The smallest absolute Gasteiger partial charge is 0.242 e. The Hall–Kier alpha value is -1.19. The molecule has 1 heterocycles. The molecule has 0 bridgehead atoms. The fraction of sp³-hybridized carbons (Fsp3) is 0.588. The van der Waals surface area contributed by atoms with Gasteiger partial charge in [0.25, 0.3) is 0 Å². The molecule has 1 aromatic carbocycles. The summed E-state index contributed by atoms with van der Waals surface area (Å²) in [7, 11) is 0.997. The van der Waals surface area contributed by atoms with Crippen molar-refractivity contribution >= 4 is 34.0 Å². The van der Waals surface area contributed by atoms with E-state index in [2.05, 4.69) is 10.6 Å². The summed E-state index contributed by atoms with van der Waals surface area (Å²) in [4.78, 5) is 13.1. The van der Waals surface area contributed by atoms with Crippen molar-refractivity contribution < 1.29 is 17.9 Å². The molecule has 9 heteroatoms. The molecule has 2 rings (SSSR count).